The molecule has 1 aliphatic heterocycles. The smallest absolute Gasteiger partial charge is 0.253 e. The largest absolute Gasteiger partial charge is 0.339 e. The maximum absolute atomic E-state index is 12.3. The van der Waals surface area contributed by atoms with Gasteiger partial charge in [0.2, 0.25) is 10.0 Å². The van der Waals surface area contributed by atoms with Gasteiger partial charge < -0.3 is 4.90 Å². The van der Waals surface area contributed by atoms with E-state index < -0.39 is 10.0 Å². The summed E-state index contributed by atoms with van der Waals surface area (Å²) in [6.07, 6.45) is 2.06. The van der Waals surface area contributed by atoms with Crippen LogP contribution in [0.5, 0.6) is 0 Å². The number of rotatable bonds is 5. The highest BCUT2D eigenvalue weighted by Crippen LogP contribution is 2.16. The molecular formula is C18H20N2O3S. The summed E-state index contributed by atoms with van der Waals surface area (Å²) < 4.78 is 27.2. The number of hydrogen-bond acceptors (Lipinski definition) is 3. The van der Waals surface area contributed by atoms with Crippen LogP contribution in [0.2, 0.25) is 0 Å². The van der Waals surface area contributed by atoms with Crippen molar-refractivity contribution in [3.63, 3.8) is 0 Å². The number of likely N-dealkylation sites (tertiary alicyclic amines) is 1. The van der Waals surface area contributed by atoms with Crippen LogP contribution in [0.4, 0.5) is 0 Å². The van der Waals surface area contributed by atoms with Crippen LogP contribution in [0.3, 0.4) is 0 Å². The maximum Gasteiger partial charge on any atom is 0.253 e. The Kier molecular flexibility index (Phi) is 4.97. The summed E-state index contributed by atoms with van der Waals surface area (Å²) in [7, 11) is -3.59. The van der Waals surface area contributed by atoms with E-state index in [0.717, 1.165) is 31.5 Å². The predicted molar refractivity (Wildman–Crippen MR) is 92.0 cm³/mol. The Balaban J connectivity index is 1.68. The third kappa shape index (κ3) is 3.83. The Morgan fingerprint density at radius 3 is 2.21 bits per heavy atom. The van der Waals surface area contributed by atoms with Gasteiger partial charge in [0.15, 0.2) is 0 Å². The van der Waals surface area contributed by atoms with Crippen molar-refractivity contribution in [2.75, 3.05) is 13.1 Å². The molecule has 0 saturated carbocycles. The first-order valence-electron chi connectivity index (χ1n) is 7.99. The van der Waals surface area contributed by atoms with Crippen LogP contribution in [-0.2, 0) is 16.6 Å². The van der Waals surface area contributed by atoms with Gasteiger partial charge in [0.25, 0.3) is 5.91 Å². The first kappa shape index (κ1) is 16.7. The highest BCUT2D eigenvalue weighted by molar-refractivity contribution is 7.89. The lowest BCUT2D eigenvalue weighted by Gasteiger charge is -2.15. The zero-order valence-corrected chi connectivity index (χ0v) is 14.1. The van der Waals surface area contributed by atoms with Gasteiger partial charge in [-0.2, -0.15) is 0 Å². The van der Waals surface area contributed by atoms with Crippen molar-refractivity contribution in [1.29, 1.82) is 0 Å². The van der Waals surface area contributed by atoms with Crippen LogP contribution in [0.1, 0.15) is 28.8 Å². The fraction of sp³-hybridized carbons (Fsp3) is 0.278. The summed E-state index contributed by atoms with van der Waals surface area (Å²) in [5.41, 5.74) is 1.42. The molecule has 0 bridgehead atoms. The summed E-state index contributed by atoms with van der Waals surface area (Å²) in [6, 6.07) is 15.5. The summed E-state index contributed by atoms with van der Waals surface area (Å²) in [4.78, 5) is 14.2. The van der Waals surface area contributed by atoms with Crippen molar-refractivity contribution >= 4 is 15.9 Å². The van der Waals surface area contributed by atoms with Gasteiger partial charge in [-0.1, -0.05) is 30.3 Å². The minimum atomic E-state index is -3.59. The molecule has 24 heavy (non-hydrogen) atoms. The lowest BCUT2D eigenvalue weighted by atomic mass is 10.2. The lowest BCUT2D eigenvalue weighted by molar-refractivity contribution is 0.0792. The zero-order valence-electron chi connectivity index (χ0n) is 13.3. The second-order valence-corrected chi connectivity index (χ2v) is 7.60. The van der Waals surface area contributed by atoms with Crippen LogP contribution in [0, 0.1) is 0 Å². The molecule has 0 spiro atoms. The number of amides is 1. The van der Waals surface area contributed by atoms with Gasteiger partial charge in [-0.25, -0.2) is 13.1 Å². The molecule has 6 heteroatoms. The van der Waals surface area contributed by atoms with E-state index in [9.17, 15) is 13.2 Å². The molecule has 0 aromatic heterocycles. The Labute approximate surface area is 142 Å². The van der Waals surface area contributed by atoms with E-state index in [-0.39, 0.29) is 17.3 Å². The second kappa shape index (κ2) is 7.15. The van der Waals surface area contributed by atoms with Crippen LogP contribution >= 0.6 is 0 Å². The Hall–Kier alpha value is -2.18. The summed E-state index contributed by atoms with van der Waals surface area (Å²) in [5, 5.41) is 0. The topological polar surface area (TPSA) is 66.5 Å². The molecular weight excluding hydrogens is 324 g/mol. The van der Waals surface area contributed by atoms with E-state index in [1.807, 2.05) is 30.3 Å². The minimum absolute atomic E-state index is 0.0336. The third-order valence-corrected chi connectivity index (χ3v) is 5.53. The molecule has 2 aromatic carbocycles. The van der Waals surface area contributed by atoms with E-state index >= 15 is 0 Å². The SMILES string of the molecule is O=C(c1ccc(S(=O)(=O)NCc2ccccc2)cc1)N1CCCC1. The molecule has 1 N–H and O–H groups in total. The standard InChI is InChI=1S/C18H20N2O3S/c21-18(20-12-4-5-13-20)16-8-10-17(11-9-16)24(22,23)19-14-15-6-2-1-3-7-15/h1-3,6-11,19H,4-5,12-14H2. The fourth-order valence-electron chi connectivity index (χ4n) is 2.74. The first-order valence-corrected chi connectivity index (χ1v) is 9.47. The molecule has 1 amide bonds. The molecule has 1 saturated heterocycles. The van der Waals surface area contributed by atoms with Gasteiger partial charge in [-0.3, -0.25) is 4.79 Å². The monoisotopic (exact) mass is 344 g/mol. The molecule has 1 fully saturated rings. The van der Waals surface area contributed by atoms with Crippen LogP contribution < -0.4 is 4.72 Å². The molecule has 5 nitrogen and oxygen atoms in total. The molecule has 0 atom stereocenters. The molecule has 1 heterocycles. The molecule has 126 valence electrons. The number of carbonyl (C=O) groups excluding carboxylic acids is 1. The fourth-order valence-corrected chi connectivity index (χ4v) is 3.75. The third-order valence-electron chi connectivity index (χ3n) is 4.11. The van der Waals surface area contributed by atoms with Crippen molar-refractivity contribution in [3.8, 4) is 0 Å². The van der Waals surface area contributed by atoms with E-state index in [0.29, 0.717) is 5.56 Å². The predicted octanol–water partition coefficient (Wildman–Crippen LogP) is 2.40. The average molecular weight is 344 g/mol. The summed E-state index contributed by atoms with van der Waals surface area (Å²) >= 11 is 0. The highest BCUT2D eigenvalue weighted by atomic mass is 32.2. The summed E-state index contributed by atoms with van der Waals surface area (Å²) in [6.45, 7) is 1.78. The number of carbonyl (C=O) groups is 1. The number of hydrogen-bond donors (Lipinski definition) is 1. The van der Waals surface area contributed by atoms with Gasteiger partial charge >= 0.3 is 0 Å². The number of sulfonamides is 1. The number of nitrogens with zero attached hydrogens (tertiary/aromatic N) is 1. The van der Waals surface area contributed by atoms with Crippen molar-refractivity contribution in [2.24, 2.45) is 0 Å². The lowest BCUT2D eigenvalue weighted by Crippen LogP contribution is -2.27. The van der Waals surface area contributed by atoms with Gasteiger partial charge in [-0.15, -0.1) is 0 Å². The Morgan fingerprint density at radius 1 is 0.958 bits per heavy atom. The molecule has 0 unspecified atom stereocenters. The van der Waals surface area contributed by atoms with Gasteiger partial charge in [0.05, 0.1) is 4.90 Å². The van der Waals surface area contributed by atoms with Gasteiger partial charge in [0, 0.05) is 25.2 Å². The van der Waals surface area contributed by atoms with Crippen LogP contribution in [-0.4, -0.2) is 32.3 Å². The van der Waals surface area contributed by atoms with Gasteiger partial charge in [0.1, 0.15) is 0 Å². The molecule has 3 rings (SSSR count). The minimum Gasteiger partial charge on any atom is -0.339 e. The van der Waals surface area contributed by atoms with E-state index in [1.165, 1.54) is 12.1 Å². The second-order valence-electron chi connectivity index (χ2n) is 5.83. The Morgan fingerprint density at radius 2 is 1.58 bits per heavy atom. The quantitative estimate of drug-likeness (QED) is 0.906. The maximum atomic E-state index is 12.3. The number of nitrogens with one attached hydrogen (secondary N) is 1. The van der Waals surface area contributed by atoms with E-state index in [2.05, 4.69) is 4.72 Å². The van der Waals surface area contributed by atoms with E-state index in [4.69, 9.17) is 0 Å². The zero-order chi connectivity index (χ0) is 17.0. The van der Waals surface area contributed by atoms with Crippen molar-refractivity contribution in [3.05, 3.63) is 65.7 Å². The molecule has 0 radical (unpaired) electrons. The van der Waals surface area contributed by atoms with E-state index in [1.54, 1.807) is 17.0 Å². The summed E-state index contributed by atoms with van der Waals surface area (Å²) in [5.74, 6) is -0.0336. The molecule has 2 aromatic rings. The van der Waals surface area contributed by atoms with Crippen molar-refractivity contribution in [2.45, 2.75) is 24.3 Å². The molecule has 1 aliphatic rings. The Bertz CT molecular complexity index is 796. The van der Waals surface area contributed by atoms with Crippen LogP contribution in [0.15, 0.2) is 59.5 Å². The van der Waals surface area contributed by atoms with Crippen molar-refractivity contribution < 1.29 is 13.2 Å². The van der Waals surface area contributed by atoms with Crippen molar-refractivity contribution in [1.82, 2.24) is 9.62 Å². The number of benzene rings is 2. The average Bonchev–Trinajstić information content (AvgIpc) is 3.15. The highest BCUT2D eigenvalue weighted by Gasteiger charge is 2.20. The van der Waals surface area contributed by atoms with Crippen LogP contribution in [0.25, 0.3) is 0 Å². The molecule has 0 aliphatic carbocycles. The first-order chi connectivity index (χ1) is 11.6. The van der Waals surface area contributed by atoms with Gasteiger partial charge in [-0.05, 0) is 42.7 Å². The normalized spacial score (nSPS) is 14.8.